The predicted octanol–water partition coefficient (Wildman–Crippen LogP) is 2.58. The van der Waals surface area contributed by atoms with Gasteiger partial charge in [0.15, 0.2) is 0 Å². The second kappa shape index (κ2) is 7.98. The largest absolute Gasteiger partial charge is 0.480 e. The smallest absolute Gasteiger partial charge is 0.329 e. The molecule has 0 radical (unpaired) electrons. The van der Waals surface area contributed by atoms with E-state index in [0.717, 1.165) is 37.0 Å². The molecule has 1 saturated carbocycles. The molecule has 1 aromatic carbocycles. The average Bonchev–Trinajstić information content (AvgIpc) is 2.66. The zero-order chi connectivity index (χ0) is 20.4. The second-order valence-electron chi connectivity index (χ2n) is 7.57. The number of carbonyl (C=O) groups excluding carboxylic acids is 1. The van der Waals surface area contributed by atoms with Crippen LogP contribution >= 0.6 is 0 Å². The van der Waals surface area contributed by atoms with Crippen LogP contribution in [0.1, 0.15) is 56.3 Å². The van der Waals surface area contributed by atoms with Crippen molar-refractivity contribution >= 4 is 21.9 Å². The van der Waals surface area contributed by atoms with Crippen LogP contribution in [0.25, 0.3) is 0 Å². The molecule has 1 fully saturated rings. The molecule has 150 valence electrons. The third kappa shape index (κ3) is 4.32. The van der Waals surface area contributed by atoms with E-state index in [1.165, 1.54) is 49.5 Å². The molecule has 1 amide bonds. The molecule has 0 saturated heterocycles. The first-order valence-electron chi connectivity index (χ1n) is 9.09. The first-order valence-corrected chi connectivity index (χ1v) is 10.5. The maximum Gasteiger partial charge on any atom is 0.329 e. The van der Waals surface area contributed by atoms with E-state index in [2.05, 4.69) is 0 Å². The Morgan fingerprint density at radius 1 is 1.11 bits per heavy atom. The van der Waals surface area contributed by atoms with Gasteiger partial charge in [-0.05, 0) is 44.9 Å². The standard InChI is InChI=1S/C19H28N2O5S/c1-19(2,18(23)24)20(3)17(22)14-9-8-12-16(13-14)27(25,26)21(4)15-10-6-5-7-11-15/h8-9,12-13,15H,5-7,10-11H2,1-4H3,(H,23,24). The van der Waals surface area contributed by atoms with E-state index in [1.54, 1.807) is 7.05 Å². The van der Waals surface area contributed by atoms with Crippen LogP contribution in [0.15, 0.2) is 29.2 Å². The number of carbonyl (C=O) groups is 2. The fourth-order valence-corrected chi connectivity index (χ4v) is 4.65. The number of hydrogen-bond donors (Lipinski definition) is 1. The maximum atomic E-state index is 13.0. The molecular formula is C19H28N2O5S. The summed E-state index contributed by atoms with van der Waals surface area (Å²) in [7, 11) is -0.748. The van der Waals surface area contributed by atoms with Gasteiger partial charge in [0.25, 0.3) is 5.91 Å². The van der Waals surface area contributed by atoms with Crippen molar-refractivity contribution in [2.24, 2.45) is 0 Å². The summed E-state index contributed by atoms with van der Waals surface area (Å²) in [5.41, 5.74) is -1.27. The maximum absolute atomic E-state index is 13.0. The van der Waals surface area contributed by atoms with Gasteiger partial charge < -0.3 is 10.0 Å². The Kier molecular flexibility index (Phi) is 6.32. The number of benzene rings is 1. The Morgan fingerprint density at radius 2 is 1.70 bits per heavy atom. The number of carboxylic acid groups (broad SMARTS) is 1. The SMILES string of the molecule is CN(C(=O)c1cccc(S(=O)(=O)N(C)C2CCCCC2)c1)C(C)(C)C(=O)O. The molecule has 8 heteroatoms. The average molecular weight is 397 g/mol. The van der Waals surface area contributed by atoms with Crippen molar-refractivity contribution in [1.82, 2.24) is 9.21 Å². The molecule has 0 atom stereocenters. The lowest BCUT2D eigenvalue weighted by molar-refractivity contribution is -0.147. The van der Waals surface area contributed by atoms with E-state index in [9.17, 15) is 23.1 Å². The van der Waals surface area contributed by atoms with Crippen LogP contribution in [0.5, 0.6) is 0 Å². The molecule has 1 N–H and O–H groups in total. The Balaban J connectivity index is 2.31. The molecular weight excluding hydrogens is 368 g/mol. The monoisotopic (exact) mass is 396 g/mol. The third-order valence-electron chi connectivity index (χ3n) is 5.51. The van der Waals surface area contributed by atoms with Crippen molar-refractivity contribution in [2.45, 2.75) is 62.4 Å². The number of aliphatic carboxylic acids is 1. The van der Waals surface area contributed by atoms with Crippen molar-refractivity contribution in [2.75, 3.05) is 14.1 Å². The number of nitrogens with zero attached hydrogens (tertiary/aromatic N) is 2. The van der Waals surface area contributed by atoms with Crippen molar-refractivity contribution in [1.29, 1.82) is 0 Å². The molecule has 1 aliphatic carbocycles. The van der Waals surface area contributed by atoms with Gasteiger partial charge in [0.2, 0.25) is 10.0 Å². The molecule has 0 aromatic heterocycles. The van der Waals surface area contributed by atoms with Gasteiger partial charge in [-0.3, -0.25) is 4.79 Å². The summed E-state index contributed by atoms with van der Waals surface area (Å²) < 4.78 is 27.4. The van der Waals surface area contributed by atoms with Gasteiger partial charge in [0.05, 0.1) is 4.90 Å². The topological polar surface area (TPSA) is 95.0 Å². The molecule has 27 heavy (non-hydrogen) atoms. The summed E-state index contributed by atoms with van der Waals surface area (Å²) in [6.07, 6.45) is 4.82. The van der Waals surface area contributed by atoms with Gasteiger partial charge in [-0.15, -0.1) is 0 Å². The Hall–Kier alpha value is -1.93. The summed E-state index contributed by atoms with van der Waals surface area (Å²) >= 11 is 0. The molecule has 0 unspecified atom stereocenters. The van der Waals surface area contributed by atoms with Gasteiger partial charge >= 0.3 is 5.97 Å². The van der Waals surface area contributed by atoms with Crippen molar-refractivity contribution in [3.05, 3.63) is 29.8 Å². The van der Waals surface area contributed by atoms with Crippen LogP contribution in [0, 0.1) is 0 Å². The highest BCUT2D eigenvalue weighted by atomic mass is 32.2. The summed E-state index contributed by atoms with van der Waals surface area (Å²) in [5.74, 6) is -1.68. The van der Waals surface area contributed by atoms with E-state index >= 15 is 0 Å². The lowest BCUT2D eigenvalue weighted by Crippen LogP contribution is -2.50. The minimum absolute atomic E-state index is 0.0308. The molecule has 0 aliphatic heterocycles. The van der Waals surface area contributed by atoms with Gasteiger partial charge in [0, 0.05) is 25.7 Å². The highest BCUT2D eigenvalue weighted by Gasteiger charge is 2.36. The zero-order valence-electron chi connectivity index (χ0n) is 16.3. The van der Waals surface area contributed by atoms with Gasteiger partial charge in [-0.2, -0.15) is 4.31 Å². The highest BCUT2D eigenvalue weighted by molar-refractivity contribution is 7.89. The molecule has 0 spiro atoms. The third-order valence-corrected chi connectivity index (χ3v) is 7.42. The predicted molar refractivity (Wildman–Crippen MR) is 102 cm³/mol. The van der Waals surface area contributed by atoms with E-state index < -0.39 is 27.4 Å². The van der Waals surface area contributed by atoms with Crippen LogP contribution in [0.4, 0.5) is 0 Å². The molecule has 0 heterocycles. The normalized spacial score (nSPS) is 16.3. The van der Waals surface area contributed by atoms with Gasteiger partial charge in [-0.1, -0.05) is 25.3 Å². The lowest BCUT2D eigenvalue weighted by Gasteiger charge is -2.32. The summed E-state index contributed by atoms with van der Waals surface area (Å²) in [5, 5.41) is 9.31. The quantitative estimate of drug-likeness (QED) is 0.797. The number of hydrogen-bond acceptors (Lipinski definition) is 4. The van der Waals surface area contributed by atoms with Crippen molar-refractivity contribution < 1.29 is 23.1 Å². The van der Waals surface area contributed by atoms with Crippen LogP contribution < -0.4 is 0 Å². The first-order chi connectivity index (χ1) is 12.5. The fourth-order valence-electron chi connectivity index (χ4n) is 3.19. The van der Waals surface area contributed by atoms with Crippen LogP contribution in [-0.2, 0) is 14.8 Å². The Bertz CT molecular complexity index is 813. The van der Waals surface area contributed by atoms with E-state index in [-0.39, 0.29) is 16.5 Å². The first kappa shape index (κ1) is 21.4. The summed E-state index contributed by atoms with van der Waals surface area (Å²) in [6, 6.07) is 5.77. The van der Waals surface area contributed by atoms with Crippen LogP contribution in [0.2, 0.25) is 0 Å². The molecule has 7 nitrogen and oxygen atoms in total. The van der Waals surface area contributed by atoms with Crippen molar-refractivity contribution in [3.63, 3.8) is 0 Å². The van der Waals surface area contributed by atoms with Crippen molar-refractivity contribution in [3.8, 4) is 0 Å². The molecule has 2 rings (SSSR count). The number of sulfonamides is 1. The number of rotatable bonds is 6. The fraction of sp³-hybridized carbons (Fsp3) is 0.579. The Labute approximate surface area is 161 Å². The highest BCUT2D eigenvalue weighted by Crippen LogP contribution is 2.27. The molecule has 1 aromatic rings. The van der Waals surface area contributed by atoms with Gasteiger partial charge in [-0.25, -0.2) is 13.2 Å². The summed E-state index contributed by atoms with van der Waals surface area (Å²) in [6.45, 7) is 2.84. The van der Waals surface area contributed by atoms with E-state index in [1.807, 2.05) is 0 Å². The van der Waals surface area contributed by atoms with Crippen LogP contribution in [0.3, 0.4) is 0 Å². The number of likely N-dealkylation sites (N-methyl/N-ethyl adjacent to an activating group) is 1. The van der Waals surface area contributed by atoms with E-state index in [0.29, 0.717) is 0 Å². The minimum atomic E-state index is -3.73. The van der Waals surface area contributed by atoms with Gasteiger partial charge in [0.1, 0.15) is 5.54 Å². The summed E-state index contributed by atoms with van der Waals surface area (Å²) in [4.78, 5) is 25.2. The van der Waals surface area contributed by atoms with E-state index in [4.69, 9.17) is 0 Å². The Morgan fingerprint density at radius 3 is 2.26 bits per heavy atom. The van der Waals surface area contributed by atoms with Crippen LogP contribution in [-0.4, -0.2) is 60.3 Å². The molecule has 1 aliphatic rings. The number of carboxylic acids is 1. The lowest BCUT2D eigenvalue weighted by atomic mass is 9.96. The number of amides is 1. The second-order valence-corrected chi connectivity index (χ2v) is 9.57. The zero-order valence-corrected chi connectivity index (χ0v) is 17.1. The minimum Gasteiger partial charge on any atom is -0.480 e. The molecule has 0 bridgehead atoms.